The van der Waals surface area contributed by atoms with Crippen LogP contribution in [0.5, 0.6) is 0 Å². The lowest BCUT2D eigenvalue weighted by atomic mass is 9.49. The third-order valence-electron chi connectivity index (χ3n) is 6.75. The zero-order valence-electron chi connectivity index (χ0n) is 16.4. The van der Waals surface area contributed by atoms with Gasteiger partial charge in [-0.1, -0.05) is 13.0 Å². The van der Waals surface area contributed by atoms with Crippen molar-refractivity contribution in [2.45, 2.75) is 58.3 Å². The van der Waals surface area contributed by atoms with Crippen molar-refractivity contribution in [1.29, 1.82) is 0 Å². The summed E-state index contributed by atoms with van der Waals surface area (Å²) >= 11 is 0. The number of hydrazine groups is 1. The lowest BCUT2D eigenvalue weighted by Crippen LogP contribution is -2.50. The highest BCUT2D eigenvalue weighted by Gasteiger charge is 2.51. The highest BCUT2D eigenvalue weighted by molar-refractivity contribution is 5.97. The van der Waals surface area contributed by atoms with Crippen molar-refractivity contribution in [3.63, 3.8) is 0 Å². The molecular formula is C22H29N3O3. The van der Waals surface area contributed by atoms with E-state index in [1.807, 2.05) is 0 Å². The topological polar surface area (TPSA) is 87.3 Å². The minimum Gasteiger partial charge on any atom is -0.326 e. The van der Waals surface area contributed by atoms with Gasteiger partial charge in [0.25, 0.3) is 5.91 Å². The molecule has 0 saturated heterocycles. The molecule has 0 spiro atoms. The Labute approximate surface area is 165 Å². The number of hydrogen-bond donors (Lipinski definition) is 3. The van der Waals surface area contributed by atoms with Crippen LogP contribution < -0.4 is 16.2 Å². The highest BCUT2D eigenvalue weighted by Crippen LogP contribution is 2.61. The summed E-state index contributed by atoms with van der Waals surface area (Å²) in [5.41, 5.74) is 6.23. The average molecular weight is 383 g/mol. The molecule has 150 valence electrons. The number of hydrogen-bond acceptors (Lipinski definition) is 3. The zero-order chi connectivity index (χ0) is 19.7. The SMILES string of the molecule is CCC(=O)Nc1cccc(C(=O)NNC(=O)CC23CC4CC(CC(C4)C2)C3)c1. The number of benzene rings is 1. The summed E-state index contributed by atoms with van der Waals surface area (Å²) < 4.78 is 0. The summed E-state index contributed by atoms with van der Waals surface area (Å²) in [4.78, 5) is 36.4. The lowest BCUT2D eigenvalue weighted by molar-refractivity contribution is -0.130. The predicted octanol–water partition coefficient (Wildman–Crippen LogP) is 3.40. The van der Waals surface area contributed by atoms with E-state index in [0.717, 1.165) is 17.8 Å². The molecule has 4 aliphatic carbocycles. The Bertz CT molecular complexity index is 754. The van der Waals surface area contributed by atoms with E-state index in [-0.39, 0.29) is 23.1 Å². The normalized spacial score (nSPS) is 30.0. The van der Waals surface area contributed by atoms with Gasteiger partial charge in [0.15, 0.2) is 0 Å². The van der Waals surface area contributed by atoms with Crippen molar-refractivity contribution in [2.75, 3.05) is 5.32 Å². The maximum atomic E-state index is 12.5. The van der Waals surface area contributed by atoms with Gasteiger partial charge in [-0.25, -0.2) is 0 Å². The number of carbonyl (C=O) groups is 3. The molecule has 1 aromatic rings. The van der Waals surface area contributed by atoms with E-state index >= 15 is 0 Å². The zero-order valence-corrected chi connectivity index (χ0v) is 16.4. The van der Waals surface area contributed by atoms with E-state index in [2.05, 4.69) is 16.2 Å². The van der Waals surface area contributed by atoms with E-state index in [9.17, 15) is 14.4 Å². The van der Waals surface area contributed by atoms with Gasteiger partial charge in [0.1, 0.15) is 0 Å². The molecule has 0 heterocycles. The highest BCUT2D eigenvalue weighted by atomic mass is 16.2. The Hall–Kier alpha value is -2.37. The molecule has 4 aliphatic rings. The fourth-order valence-corrected chi connectivity index (χ4v) is 6.08. The summed E-state index contributed by atoms with van der Waals surface area (Å²) in [5, 5.41) is 2.73. The molecule has 6 nitrogen and oxygen atoms in total. The Balaban J connectivity index is 1.31. The molecule has 0 atom stereocenters. The van der Waals surface area contributed by atoms with Gasteiger partial charge in [-0.05, 0) is 79.9 Å². The summed E-state index contributed by atoms with van der Waals surface area (Å²) in [7, 11) is 0. The molecule has 6 heteroatoms. The smallest absolute Gasteiger partial charge is 0.269 e. The Kier molecular flexibility index (Phi) is 5.13. The number of amides is 3. The first-order valence-corrected chi connectivity index (χ1v) is 10.4. The molecule has 3 N–H and O–H groups in total. The van der Waals surface area contributed by atoms with Crippen LogP contribution in [0, 0.1) is 23.2 Å². The summed E-state index contributed by atoms with van der Waals surface area (Å²) in [6, 6.07) is 6.70. The summed E-state index contributed by atoms with van der Waals surface area (Å²) in [6.45, 7) is 1.77. The molecule has 0 aromatic heterocycles. The van der Waals surface area contributed by atoms with Crippen LogP contribution in [0.15, 0.2) is 24.3 Å². The third kappa shape index (κ3) is 4.05. The van der Waals surface area contributed by atoms with Crippen LogP contribution in [0.4, 0.5) is 5.69 Å². The number of nitrogens with one attached hydrogen (secondary N) is 3. The Morgan fingerprint density at radius 2 is 1.61 bits per heavy atom. The molecule has 3 amide bonds. The van der Waals surface area contributed by atoms with Crippen molar-refractivity contribution >= 4 is 23.4 Å². The molecule has 0 radical (unpaired) electrons. The molecule has 4 saturated carbocycles. The fraction of sp³-hybridized carbons (Fsp3) is 0.591. The van der Waals surface area contributed by atoms with Crippen LogP contribution in [0.1, 0.15) is 68.6 Å². The predicted molar refractivity (Wildman–Crippen MR) is 106 cm³/mol. The molecule has 0 unspecified atom stereocenters. The lowest BCUT2D eigenvalue weighted by Gasteiger charge is -2.56. The van der Waals surface area contributed by atoms with Crippen LogP contribution in [-0.4, -0.2) is 17.7 Å². The third-order valence-corrected chi connectivity index (χ3v) is 6.75. The fourth-order valence-electron chi connectivity index (χ4n) is 6.08. The van der Waals surface area contributed by atoms with Gasteiger partial charge in [0.2, 0.25) is 11.8 Å². The molecule has 28 heavy (non-hydrogen) atoms. The number of anilines is 1. The second kappa shape index (κ2) is 7.57. The van der Waals surface area contributed by atoms with E-state index in [1.165, 1.54) is 38.5 Å². The second-order valence-corrected chi connectivity index (χ2v) is 9.08. The van der Waals surface area contributed by atoms with E-state index < -0.39 is 0 Å². The van der Waals surface area contributed by atoms with E-state index in [4.69, 9.17) is 0 Å². The van der Waals surface area contributed by atoms with Crippen LogP contribution in [-0.2, 0) is 9.59 Å². The molecule has 0 aliphatic heterocycles. The van der Waals surface area contributed by atoms with Gasteiger partial charge in [0.05, 0.1) is 0 Å². The summed E-state index contributed by atoms with van der Waals surface area (Å²) in [6.07, 6.45) is 8.42. The van der Waals surface area contributed by atoms with Gasteiger partial charge in [-0.3, -0.25) is 25.2 Å². The van der Waals surface area contributed by atoms with Crippen LogP contribution >= 0.6 is 0 Å². The monoisotopic (exact) mass is 383 g/mol. The minimum atomic E-state index is -0.383. The summed E-state index contributed by atoms with van der Waals surface area (Å²) in [5.74, 6) is 1.80. The van der Waals surface area contributed by atoms with Crippen LogP contribution in [0.2, 0.25) is 0 Å². The van der Waals surface area contributed by atoms with Crippen molar-refractivity contribution in [3.05, 3.63) is 29.8 Å². The maximum Gasteiger partial charge on any atom is 0.269 e. The quantitative estimate of drug-likeness (QED) is 0.681. The van der Waals surface area contributed by atoms with Crippen molar-refractivity contribution < 1.29 is 14.4 Å². The molecule has 1 aromatic carbocycles. The molecular weight excluding hydrogens is 354 g/mol. The van der Waals surface area contributed by atoms with E-state index in [0.29, 0.717) is 24.1 Å². The van der Waals surface area contributed by atoms with Crippen molar-refractivity contribution in [1.82, 2.24) is 10.9 Å². The first-order chi connectivity index (χ1) is 13.4. The van der Waals surface area contributed by atoms with Gasteiger partial charge in [-0.2, -0.15) is 0 Å². The molecule has 4 fully saturated rings. The standard InChI is InChI=1S/C22H29N3O3/c1-2-19(26)23-18-5-3-4-17(9-18)21(28)25-24-20(27)13-22-10-14-6-15(11-22)8-16(7-14)12-22/h3-5,9,14-16H,2,6-8,10-13H2,1H3,(H,23,26)(H,24,27)(H,25,28). The van der Waals surface area contributed by atoms with Gasteiger partial charge >= 0.3 is 0 Å². The Morgan fingerprint density at radius 1 is 0.964 bits per heavy atom. The Morgan fingerprint density at radius 3 is 2.21 bits per heavy atom. The number of carbonyl (C=O) groups excluding carboxylic acids is 3. The van der Waals surface area contributed by atoms with E-state index in [1.54, 1.807) is 31.2 Å². The van der Waals surface area contributed by atoms with Gasteiger partial charge in [-0.15, -0.1) is 0 Å². The number of rotatable bonds is 5. The van der Waals surface area contributed by atoms with Gasteiger partial charge < -0.3 is 5.32 Å². The second-order valence-electron chi connectivity index (χ2n) is 9.08. The molecule has 5 rings (SSSR count). The maximum absolute atomic E-state index is 12.5. The van der Waals surface area contributed by atoms with Crippen molar-refractivity contribution in [3.8, 4) is 0 Å². The first-order valence-electron chi connectivity index (χ1n) is 10.4. The first kappa shape index (κ1) is 19.0. The van der Waals surface area contributed by atoms with Gasteiger partial charge in [0, 0.05) is 24.1 Å². The van der Waals surface area contributed by atoms with Crippen molar-refractivity contribution in [2.24, 2.45) is 23.2 Å². The largest absolute Gasteiger partial charge is 0.326 e. The van der Waals surface area contributed by atoms with Crippen LogP contribution in [0.25, 0.3) is 0 Å². The minimum absolute atomic E-state index is 0.106. The average Bonchev–Trinajstić information content (AvgIpc) is 2.64. The molecule has 4 bridgehead atoms. The van der Waals surface area contributed by atoms with Crippen LogP contribution in [0.3, 0.4) is 0 Å².